The van der Waals surface area contributed by atoms with Crippen molar-refractivity contribution in [3.8, 4) is 16.9 Å². The molecule has 8 heteroatoms. The summed E-state index contributed by atoms with van der Waals surface area (Å²) in [6.07, 6.45) is 12.4. The van der Waals surface area contributed by atoms with E-state index in [4.69, 9.17) is 4.98 Å². The molecule has 0 spiro atoms. The van der Waals surface area contributed by atoms with E-state index in [2.05, 4.69) is 50.7 Å². The molecule has 1 N–H and O–H groups in total. The number of rotatable bonds is 9. The number of fused-ring (bicyclic) bond motifs is 1. The van der Waals surface area contributed by atoms with Crippen LogP contribution in [0.4, 0.5) is 5.82 Å². The first-order valence-electron chi connectivity index (χ1n) is 12.6. The molecule has 38 heavy (non-hydrogen) atoms. The van der Waals surface area contributed by atoms with Crippen LogP contribution in [0, 0.1) is 0 Å². The first-order valence-corrected chi connectivity index (χ1v) is 12.6. The highest BCUT2D eigenvalue weighted by molar-refractivity contribution is 5.88. The van der Waals surface area contributed by atoms with Crippen LogP contribution in [0.25, 0.3) is 27.8 Å². The predicted octanol–water partition coefficient (Wildman–Crippen LogP) is 5.58. The second-order valence-electron chi connectivity index (χ2n) is 9.09. The van der Waals surface area contributed by atoms with Crippen LogP contribution in [-0.4, -0.2) is 35.5 Å². The quantitative estimate of drug-likeness (QED) is 0.262. The van der Waals surface area contributed by atoms with Crippen LogP contribution in [0.2, 0.25) is 0 Å². The van der Waals surface area contributed by atoms with Crippen molar-refractivity contribution in [3.05, 3.63) is 115 Å². The lowest BCUT2D eigenvalue weighted by Gasteiger charge is -2.28. The Hall–Kier alpha value is -4.98. The smallest absolute Gasteiger partial charge is 0.215 e. The molecule has 2 aromatic carbocycles. The fraction of sp³-hybridized carbons (Fsp3) is 0.133. The second-order valence-corrected chi connectivity index (χ2v) is 9.09. The molecule has 0 aliphatic rings. The SMILES string of the molecule is CCn1c(-c2ccc(-n3ccnc3)cc2)cnc1[C@H](Cc1ccncc1)N(C=O)c1cc2ccccc2[nH]1. The second kappa shape index (κ2) is 10.2. The van der Waals surface area contributed by atoms with Gasteiger partial charge < -0.3 is 14.1 Å². The van der Waals surface area contributed by atoms with E-state index in [1.807, 2.05) is 59.4 Å². The Bertz CT molecular complexity index is 1620. The number of para-hydroxylation sites is 1. The molecule has 0 saturated heterocycles. The normalized spacial score (nSPS) is 12.0. The maximum atomic E-state index is 12.7. The third-order valence-electron chi connectivity index (χ3n) is 6.89. The van der Waals surface area contributed by atoms with Crippen molar-refractivity contribution in [2.24, 2.45) is 0 Å². The minimum atomic E-state index is -0.332. The highest BCUT2D eigenvalue weighted by atomic mass is 16.1. The lowest BCUT2D eigenvalue weighted by atomic mass is 10.0. The van der Waals surface area contributed by atoms with Gasteiger partial charge in [0.05, 0.1) is 24.3 Å². The van der Waals surface area contributed by atoms with Gasteiger partial charge in [0.15, 0.2) is 0 Å². The van der Waals surface area contributed by atoms with Crippen molar-refractivity contribution in [2.75, 3.05) is 4.90 Å². The minimum absolute atomic E-state index is 0.332. The van der Waals surface area contributed by atoms with E-state index in [0.717, 1.165) is 51.5 Å². The largest absolute Gasteiger partial charge is 0.341 e. The van der Waals surface area contributed by atoms with Gasteiger partial charge in [0.1, 0.15) is 11.6 Å². The number of imidazole rings is 2. The molecule has 0 radical (unpaired) electrons. The molecule has 0 aliphatic heterocycles. The van der Waals surface area contributed by atoms with Crippen molar-refractivity contribution in [3.63, 3.8) is 0 Å². The summed E-state index contributed by atoms with van der Waals surface area (Å²) >= 11 is 0. The number of nitrogens with one attached hydrogen (secondary N) is 1. The van der Waals surface area contributed by atoms with Crippen LogP contribution in [-0.2, 0) is 17.8 Å². The zero-order chi connectivity index (χ0) is 25.9. The van der Waals surface area contributed by atoms with Gasteiger partial charge in [-0.3, -0.25) is 14.7 Å². The summed E-state index contributed by atoms with van der Waals surface area (Å²) in [6, 6.07) is 22.0. The molecule has 6 rings (SSSR count). The molecule has 1 atom stereocenters. The molecule has 4 heterocycles. The summed E-state index contributed by atoms with van der Waals surface area (Å²) in [5.41, 5.74) is 5.15. The number of H-pyrrole nitrogens is 1. The van der Waals surface area contributed by atoms with Crippen LogP contribution in [0.15, 0.2) is 104 Å². The Morgan fingerprint density at radius 2 is 1.82 bits per heavy atom. The van der Waals surface area contributed by atoms with Crippen LogP contribution in [0.1, 0.15) is 24.4 Å². The van der Waals surface area contributed by atoms with Gasteiger partial charge in [-0.15, -0.1) is 0 Å². The highest BCUT2D eigenvalue weighted by Crippen LogP contribution is 2.33. The summed E-state index contributed by atoms with van der Waals surface area (Å²) in [7, 11) is 0. The van der Waals surface area contributed by atoms with E-state index in [9.17, 15) is 4.79 Å². The van der Waals surface area contributed by atoms with Crippen LogP contribution in [0.3, 0.4) is 0 Å². The van der Waals surface area contributed by atoms with Crippen LogP contribution >= 0.6 is 0 Å². The van der Waals surface area contributed by atoms with Gasteiger partial charge in [-0.1, -0.05) is 30.3 Å². The molecule has 0 aliphatic carbocycles. The molecule has 0 bridgehead atoms. The Kier molecular flexibility index (Phi) is 6.27. The summed E-state index contributed by atoms with van der Waals surface area (Å²) < 4.78 is 4.16. The lowest BCUT2D eigenvalue weighted by molar-refractivity contribution is -0.108. The molecule has 6 aromatic rings. The number of aromatic nitrogens is 6. The lowest BCUT2D eigenvalue weighted by Crippen LogP contribution is -2.31. The summed E-state index contributed by atoms with van der Waals surface area (Å²) in [4.78, 5) is 31.0. The molecule has 1 amide bonds. The monoisotopic (exact) mass is 501 g/mol. The summed E-state index contributed by atoms with van der Waals surface area (Å²) in [6.45, 7) is 2.81. The standard InChI is InChI=1S/C30H27N7O/c1-2-36-28(23-7-9-25(10-8-23)35-16-15-32-20-35)19-33-30(36)27(17-22-11-13-31-14-12-22)37(21-38)29-18-24-5-3-4-6-26(24)34-29/h3-16,18-21,27,34H,2,17H2,1H3/t27-/m0/s1. The molecule has 0 fully saturated rings. The number of amides is 1. The third kappa shape index (κ3) is 4.37. The first-order chi connectivity index (χ1) is 18.7. The van der Waals surface area contributed by atoms with Crippen molar-refractivity contribution in [1.29, 1.82) is 0 Å². The molecule has 8 nitrogen and oxygen atoms in total. The number of nitrogens with zero attached hydrogens (tertiary/aromatic N) is 6. The highest BCUT2D eigenvalue weighted by Gasteiger charge is 2.28. The average molecular weight is 502 g/mol. The molecular weight excluding hydrogens is 474 g/mol. The maximum Gasteiger partial charge on any atom is 0.215 e. The van der Waals surface area contributed by atoms with Gasteiger partial charge in [-0.25, -0.2) is 9.97 Å². The number of pyridine rings is 1. The number of carbonyl (C=O) groups excluding carboxylic acids is 1. The molecule has 4 aromatic heterocycles. The van der Waals surface area contributed by atoms with Gasteiger partial charge in [0, 0.05) is 54.3 Å². The zero-order valence-corrected chi connectivity index (χ0v) is 21.0. The minimum Gasteiger partial charge on any atom is -0.341 e. The van der Waals surface area contributed by atoms with Gasteiger partial charge in [0.2, 0.25) is 6.41 Å². The van der Waals surface area contributed by atoms with Gasteiger partial charge in [-0.05, 0) is 54.4 Å². The van der Waals surface area contributed by atoms with E-state index in [-0.39, 0.29) is 6.04 Å². The maximum absolute atomic E-state index is 12.7. The number of hydrogen-bond donors (Lipinski definition) is 1. The number of aromatic amines is 1. The Balaban J connectivity index is 1.42. The van der Waals surface area contributed by atoms with Gasteiger partial charge in [-0.2, -0.15) is 0 Å². The van der Waals surface area contributed by atoms with E-state index in [1.165, 1.54) is 0 Å². The van der Waals surface area contributed by atoms with Crippen LogP contribution in [0.5, 0.6) is 0 Å². The van der Waals surface area contributed by atoms with E-state index >= 15 is 0 Å². The number of carbonyl (C=O) groups is 1. The first kappa shape index (κ1) is 23.4. The number of hydrogen-bond acceptors (Lipinski definition) is 4. The fourth-order valence-electron chi connectivity index (χ4n) is 4.99. The van der Waals surface area contributed by atoms with E-state index in [0.29, 0.717) is 13.0 Å². The average Bonchev–Trinajstić information content (AvgIpc) is 3.73. The Morgan fingerprint density at radius 1 is 1.00 bits per heavy atom. The van der Waals surface area contributed by atoms with E-state index in [1.54, 1.807) is 29.8 Å². The molecule has 188 valence electrons. The Labute approximate surface area is 220 Å². The van der Waals surface area contributed by atoms with E-state index < -0.39 is 0 Å². The Morgan fingerprint density at radius 3 is 2.53 bits per heavy atom. The van der Waals surface area contributed by atoms with Crippen LogP contribution < -0.4 is 4.90 Å². The zero-order valence-electron chi connectivity index (χ0n) is 21.0. The predicted molar refractivity (Wildman–Crippen MR) is 148 cm³/mol. The summed E-state index contributed by atoms with van der Waals surface area (Å²) in [5, 5.41) is 1.05. The molecule has 0 saturated carbocycles. The van der Waals surface area contributed by atoms with Crippen molar-refractivity contribution in [2.45, 2.75) is 25.9 Å². The number of benzene rings is 2. The summed E-state index contributed by atoms with van der Waals surface area (Å²) in [5.74, 6) is 1.56. The third-order valence-corrected chi connectivity index (χ3v) is 6.89. The van der Waals surface area contributed by atoms with Crippen molar-refractivity contribution >= 4 is 23.1 Å². The molecule has 0 unspecified atom stereocenters. The topological polar surface area (TPSA) is 84.6 Å². The van der Waals surface area contributed by atoms with Crippen molar-refractivity contribution < 1.29 is 4.79 Å². The van der Waals surface area contributed by atoms with Gasteiger partial charge in [0.25, 0.3) is 0 Å². The fourth-order valence-corrected chi connectivity index (χ4v) is 4.99. The number of anilines is 1. The molecular formula is C30H27N7O. The van der Waals surface area contributed by atoms with Crippen molar-refractivity contribution in [1.82, 2.24) is 29.1 Å². The van der Waals surface area contributed by atoms with Gasteiger partial charge >= 0.3 is 0 Å².